The van der Waals surface area contributed by atoms with Gasteiger partial charge in [0, 0.05) is 11.5 Å². The van der Waals surface area contributed by atoms with E-state index in [-0.39, 0.29) is 0 Å². The molecule has 2 unspecified atom stereocenters. The third-order valence-corrected chi connectivity index (χ3v) is 5.00. The van der Waals surface area contributed by atoms with Crippen molar-refractivity contribution in [2.75, 3.05) is 18.1 Å². The number of aliphatic hydroxyl groups excluding tert-OH is 1. The van der Waals surface area contributed by atoms with Crippen molar-refractivity contribution in [2.45, 2.75) is 19.7 Å². The molecule has 0 heterocycles. The Bertz CT molecular complexity index is 139. The van der Waals surface area contributed by atoms with E-state index in [1.54, 1.807) is 6.92 Å². The first-order valence-corrected chi connectivity index (χ1v) is 6.54. The molecule has 0 bridgehead atoms. The lowest BCUT2D eigenvalue weighted by atomic mass is 10.9. The van der Waals surface area contributed by atoms with Crippen molar-refractivity contribution in [3.8, 4) is 0 Å². The van der Waals surface area contributed by atoms with Crippen molar-refractivity contribution in [3.63, 3.8) is 0 Å². The van der Waals surface area contributed by atoms with Gasteiger partial charge in [-0.2, -0.15) is 0 Å². The lowest BCUT2D eigenvalue weighted by Gasteiger charge is -2.19. The predicted molar refractivity (Wildman–Crippen MR) is 49.6 cm³/mol. The molecule has 0 saturated carbocycles. The van der Waals surface area contributed by atoms with E-state index < -0.39 is 13.2 Å². The lowest BCUT2D eigenvalue weighted by Crippen LogP contribution is -2.09. The van der Waals surface area contributed by atoms with E-state index in [0.717, 1.165) is 0 Å². The molecule has 0 amide bonds. The van der Waals surface area contributed by atoms with Crippen molar-refractivity contribution < 1.29 is 14.2 Å². The molecule has 0 fully saturated rings. The van der Waals surface area contributed by atoms with E-state index in [0.29, 0.717) is 18.1 Å². The molecule has 68 valence electrons. The second kappa shape index (κ2) is 5.31. The van der Waals surface area contributed by atoms with Crippen LogP contribution in [-0.2, 0) is 9.09 Å². The van der Waals surface area contributed by atoms with Crippen LogP contribution in [0, 0.1) is 0 Å². The Labute approximate surface area is 75.7 Å². The van der Waals surface area contributed by atoms with Crippen molar-refractivity contribution in [1.29, 1.82) is 0 Å². The van der Waals surface area contributed by atoms with Gasteiger partial charge in [0.2, 0.25) is 7.37 Å². The summed E-state index contributed by atoms with van der Waals surface area (Å²) >= 11 is 3.16. The highest BCUT2D eigenvalue weighted by Gasteiger charge is 2.27. The number of hydrogen-bond donors (Lipinski definition) is 1. The second-order valence-electron chi connectivity index (χ2n) is 2.19. The summed E-state index contributed by atoms with van der Waals surface area (Å²) in [5, 5.41) is 9.72. The lowest BCUT2D eigenvalue weighted by molar-refractivity contribution is 0.225. The van der Waals surface area contributed by atoms with E-state index >= 15 is 0 Å². The SMILES string of the molecule is CCOP(=O)(CCBr)C(C)O. The van der Waals surface area contributed by atoms with Crippen LogP contribution >= 0.6 is 23.3 Å². The van der Waals surface area contributed by atoms with Gasteiger partial charge in [0.15, 0.2) is 0 Å². The number of halogens is 1. The maximum Gasteiger partial charge on any atom is 0.231 e. The van der Waals surface area contributed by atoms with Gasteiger partial charge < -0.3 is 9.63 Å². The molecule has 0 spiro atoms. The van der Waals surface area contributed by atoms with Gasteiger partial charge in [-0.1, -0.05) is 15.9 Å². The summed E-state index contributed by atoms with van der Waals surface area (Å²) in [6.07, 6.45) is 0.387. The molecule has 0 aliphatic heterocycles. The van der Waals surface area contributed by atoms with Crippen LogP contribution in [-0.4, -0.2) is 29.1 Å². The van der Waals surface area contributed by atoms with Crippen molar-refractivity contribution >= 4 is 23.3 Å². The smallest absolute Gasteiger partial charge is 0.231 e. The highest BCUT2D eigenvalue weighted by molar-refractivity contribution is 9.09. The molecule has 0 aromatic rings. The third kappa shape index (κ3) is 3.70. The summed E-state index contributed by atoms with van der Waals surface area (Å²) in [6, 6.07) is 0. The van der Waals surface area contributed by atoms with Crippen LogP contribution in [0.4, 0.5) is 0 Å². The van der Waals surface area contributed by atoms with Crippen LogP contribution < -0.4 is 0 Å². The van der Waals surface area contributed by atoms with Crippen LogP contribution in [0.2, 0.25) is 0 Å². The quantitative estimate of drug-likeness (QED) is 0.595. The summed E-state index contributed by atoms with van der Waals surface area (Å²) in [5.74, 6) is -0.861. The average molecular weight is 245 g/mol. The highest BCUT2D eigenvalue weighted by Crippen LogP contribution is 2.50. The van der Waals surface area contributed by atoms with Crippen LogP contribution in [0.3, 0.4) is 0 Å². The van der Waals surface area contributed by atoms with Crippen molar-refractivity contribution in [1.82, 2.24) is 0 Å². The molecule has 0 aromatic heterocycles. The molecule has 2 atom stereocenters. The van der Waals surface area contributed by atoms with Gasteiger partial charge in [-0.25, -0.2) is 0 Å². The van der Waals surface area contributed by atoms with Gasteiger partial charge in [0.1, 0.15) is 5.85 Å². The fraction of sp³-hybridized carbons (Fsp3) is 1.00. The topological polar surface area (TPSA) is 46.5 Å². The summed E-state index contributed by atoms with van der Waals surface area (Å²) < 4.78 is 16.6. The van der Waals surface area contributed by atoms with Gasteiger partial charge in [-0.3, -0.25) is 4.57 Å². The molecule has 0 aliphatic rings. The van der Waals surface area contributed by atoms with Gasteiger partial charge >= 0.3 is 0 Å². The zero-order valence-corrected chi connectivity index (χ0v) is 9.27. The Hall–Kier alpha value is 0.630. The van der Waals surface area contributed by atoms with E-state index in [1.807, 2.05) is 0 Å². The minimum absolute atomic E-state index is 0.384. The van der Waals surface area contributed by atoms with Gasteiger partial charge in [-0.05, 0) is 13.8 Å². The standard InChI is InChI=1S/C6H14BrO3P/c1-3-10-11(9,5-4-7)6(2)8/h6,8H,3-5H2,1-2H3. The number of rotatable bonds is 5. The van der Waals surface area contributed by atoms with Crippen LogP contribution in [0.25, 0.3) is 0 Å². The molecule has 0 rings (SSSR count). The molecule has 0 radical (unpaired) electrons. The fourth-order valence-corrected chi connectivity index (χ4v) is 3.57. The molecule has 0 saturated heterocycles. The van der Waals surface area contributed by atoms with Crippen LogP contribution in [0.5, 0.6) is 0 Å². The summed E-state index contributed by atoms with van der Waals surface area (Å²) in [6.45, 7) is 3.65. The fourth-order valence-electron chi connectivity index (χ4n) is 0.696. The number of hydrogen-bond acceptors (Lipinski definition) is 3. The van der Waals surface area contributed by atoms with Gasteiger partial charge in [-0.15, -0.1) is 0 Å². The maximum atomic E-state index is 11.6. The highest BCUT2D eigenvalue weighted by atomic mass is 79.9. The molecule has 3 nitrogen and oxygen atoms in total. The maximum absolute atomic E-state index is 11.6. The zero-order chi connectivity index (χ0) is 8.91. The van der Waals surface area contributed by atoms with Crippen LogP contribution in [0.1, 0.15) is 13.8 Å². The number of alkyl halides is 1. The predicted octanol–water partition coefficient (Wildman–Crippen LogP) is 2.03. The minimum atomic E-state index is -2.78. The Kier molecular flexibility index (Phi) is 5.61. The Balaban J connectivity index is 4.14. The zero-order valence-electron chi connectivity index (χ0n) is 6.79. The molecule has 0 aromatic carbocycles. The van der Waals surface area contributed by atoms with E-state index in [4.69, 9.17) is 9.63 Å². The van der Waals surface area contributed by atoms with Crippen LogP contribution in [0.15, 0.2) is 0 Å². The average Bonchev–Trinajstić information content (AvgIpc) is 1.88. The van der Waals surface area contributed by atoms with Crippen molar-refractivity contribution in [2.24, 2.45) is 0 Å². The van der Waals surface area contributed by atoms with Gasteiger partial charge in [0.05, 0.1) is 6.61 Å². The van der Waals surface area contributed by atoms with Gasteiger partial charge in [0.25, 0.3) is 0 Å². The molecular weight excluding hydrogens is 231 g/mol. The first-order valence-electron chi connectivity index (χ1n) is 3.54. The summed E-state index contributed by atoms with van der Waals surface area (Å²) in [5.41, 5.74) is 0. The minimum Gasteiger partial charge on any atom is -0.383 e. The van der Waals surface area contributed by atoms with Crippen molar-refractivity contribution in [3.05, 3.63) is 0 Å². The molecule has 0 aliphatic carbocycles. The largest absolute Gasteiger partial charge is 0.383 e. The monoisotopic (exact) mass is 244 g/mol. The summed E-state index contributed by atoms with van der Waals surface area (Å²) in [4.78, 5) is 0. The third-order valence-electron chi connectivity index (χ3n) is 1.31. The molecule has 11 heavy (non-hydrogen) atoms. The molecule has 5 heteroatoms. The Morgan fingerprint density at radius 1 is 1.73 bits per heavy atom. The van der Waals surface area contributed by atoms with E-state index in [1.165, 1.54) is 6.92 Å². The number of aliphatic hydroxyl groups is 1. The van der Waals surface area contributed by atoms with E-state index in [2.05, 4.69) is 15.9 Å². The summed E-state index contributed by atoms with van der Waals surface area (Å²) in [7, 11) is -2.78. The second-order valence-corrected chi connectivity index (χ2v) is 5.89. The normalized spacial score (nSPS) is 19.3. The first-order chi connectivity index (χ1) is 5.06. The first kappa shape index (κ1) is 11.6. The Morgan fingerprint density at radius 3 is 2.55 bits per heavy atom. The molecular formula is C6H14BrO3P. The van der Waals surface area contributed by atoms with E-state index in [9.17, 15) is 4.57 Å². The Morgan fingerprint density at radius 2 is 2.27 bits per heavy atom. The molecule has 1 N–H and O–H groups in total.